The van der Waals surface area contributed by atoms with Gasteiger partial charge in [-0.2, -0.15) is 0 Å². The molecule has 1 aliphatic rings. The molecular formula is C25H28FN5O. The van der Waals surface area contributed by atoms with Crippen LogP contribution < -0.4 is 10.2 Å². The maximum atomic E-state index is 13.9. The van der Waals surface area contributed by atoms with E-state index in [0.29, 0.717) is 26.2 Å². The number of carbonyl (C=O) groups excluding carboxylic acids is 1. The van der Waals surface area contributed by atoms with Crippen molar-refractivity contribution in [1.82, 2.24) is 14.9 Å². The summed E-state index contributed by atoms with van der Waals surface area (Å²) in [7, 11) is 0. The zero-order chi connectivity index (χ0) is 22.7. The maximum absolute atomic E-state index is 13.9. The summed E-state index contributed by atoms with van der Waals surface area (Å²) in [6, 6.07) is 14.1. The molecule has 1 aromatic heterocycles. The fraction of sp³-hybridized carbons (Fsp3) is 0.320. The summed E-state index contributed by atoms with van der Waals surface area (Å²) in [6.07, 6.45) is 0.837. The highest BCUT2D eigenvalue weighted by molar-refractivity contribution is 5.89. The van der Waals surface area contributed by atoms with Gasteiger partial charge < -0.3 is 15.1 Å². The molecular weight excluding hydrogens is 405 g/mol. The van der Waals surface area contributed by atoms with Crippen LogP contribution in [0.3, 0.4) is 0 Å². The molecule has 1 N–H and O–H groups in total. The molecule has 0 spiro atoms. The smallest absolute Gasteiger partial charge is 0.322 e. The molecule has 6 nitrogen and oxygen atoms in total. The highest BCUT2D eigenvalue weighted by atomic mass is 19.1. The Labute approximate surface area is 188 Å². The Morgan fingerprint density at radius 1 is 1.03 bits per heavy atom. The quantitative estimate of drug-likeness (QED) is 0.641. The maximum Gasteiger partial charge on any atom is 0.322 e. The molecule has 1 saturated heterocycles. The number of piperazine rings is 1. The third-order valence-electron chi connectivity index (χ3n) is 5.80. The van der Waals surface area contributed by atoms with Crippen LogP contribution >= 0.6 is 0 Å². The van der Waals surface area contributed by atoms with Crippen molar-refractivity contribution in [2.45, 2.75) is 27.2 Å². The zero-order valence-corrected chi connectivity index (χ0v) is 18.7. The van der Waals surface area contributed by atoms with Crippen LogP contribution in [0, 0.1) is 19.7 Å². The molecule has 1 fully saturated rings. The number of aromatic nitrogens is 2. The fourth-order valence-electron chi connectivity index (χ4n) is 4.05. The Bertz CT molecular complexity index is 1130. The van der Waals surface area contributed by atoms with Crippen molar-refractivity contribution >= 4 is 17.5 Å². The van der Waals surface area contributed by atoms with E-state index in [-0.39, 0.29) is 11.7 Å². The van der Waals surface area contributed by atoms with E-state index in [2.05, 4.69) is 36.2 Å². The minimum atomic E-state index is -0.438. The number of urea groups is 1. The number of para-hydroxylation sites is 1. The van der Waals surface area contributed by atoms with Gasteiger partial charge in [0.05, 0.1) is 5.69 Å². The van der Waals surface area contributed by atoms with E-state index in [1.165, 1.54) is 11.6 Å². The minimum Gasteiger partial charge on any atom is -0.353 e. The van der Waals surface area contributed by atoms with Crippen LogP contribution in [0.4, 0.5) is 20.7 Å². The van der Waals surface area contributed by atoms with Gasteiger partial charge in [0.15, 0.2) is 5.82 Å². The first-order valence-electron chi connectivity index (χ1n) is 11.0. The first-order valence-corrected chi connectivity index (χ1v) is 11.0. The Balaban J connectivity index is 1.51. The molecule has 32 heavy (non-hydrogen) atoms. The number of rotatable bonds is 4. The Morgan fingerprint density at radius 3 is 2.47 bits per heavy atom. The number of aryl methyl sites for hydroxylation is 2. The highest BCUT2D eigenvalue weighted by Crippen LogP contribution is 2.27. The second-order valence-electron chi connectivity index (χ2n) is 8.04. The molecule has 0 unspecified atom stereocenters. The number of nitrogens with one attached hydrogen (secondary N) is 1. The van der Waals surface area contributed by atoms with Gasteiger partial charge in [-0.25, -0.2) is 19.2 Å². The van der Waals surface area contributed by atoms with E-state index < -0.39 is 5.82 Å². The predicted octanol–water partition coefficient (Wildman–Crippen LogP) is 4.82. The number of nitrogens with zero attached hydrogens (tertiary/aromatic N) is 4. The molecule has 1 aliphatic heterocycles. The third kappa shape index (κ3) is 4.56. The van der Waals surface area contributed by atoms with Crippen molar-refractivity contribution < 1.29 is 9.18 Å². The molecule has 0 radical (unpaired) electrons. The van der Waals surface area contributed by atoms with Crippen molar-refractivity contribution in [3.05, 3.63) is 71.2 Å². The van der Waals surface area contributed by atoms with E-state index in [9.17, 15) is 9.18 Å². The number of anilines is 2. The number of carbonyl (C=O) groups is 1. The average Bonchev–Trinajstić information content (AvgIpc) is 2.80. The standard InChI is InChI=1S/C25H28FN5O/c1-4-20-18(3)27-23(19-9-7-8-17(2)16-19)29-24(20)30-12-14-31(15-13-30)25(32)28-22-11-6-5-10-21(22)26/h5-11,16H,4,12-15H2,1-3H3,(H,28,32). The molecule has 0 saturated carbocycles. The number of benzene rings is 2. The lowest BCUT2D eigenvalue weighted by Crippen LogP contribution is -2.50. The summed E-state index contributed by atoms with van der Waals surface area (Å²) < 4.78 is 13.9. The van der Waals surface area contributed by atoms with Gasteiger partial charge in [-0.3, -0.25) is 0 Å². The molecule has 7 heteroatoms. The second-order valence-corrected chi connectivity index (χ2v) is 8.04. The minimum absolute atomic E-state index is 0.197. The van der Waals surface area contributed by atoms with Crippen LogP contribution in [-0.2, 0) is 6.42 Å². The first kappa shape index (κ1) is 21.7. The molecule has 2 amide bonds. The molecule has 2 aromatic carbocycles. The van der Waals surface area contributed by atoms with Gasteiger partial charge in [0, 0.05) is 43.0 Å². The largest absolute Gasteiger partial charge is 0.353 e. The van der Waals surface area contributed by atoms with Crippen molar-refractivity contribution in [2.24, 2.45) is 0 Å². The van der Waals surface area contributed by atoms with E-state index in [1.807, 2.05) is 19.1 Å². The predicted molar refractivity (Wildman–Crippen MR) is 126 cm³/mol. The first-order chi connectivity index (χ1) is 15.5. The molecule has 3 aromatic rings. The summed E-state index contributed by atoms with van der Waals surface area (Å²) >= 11 is 0. The molecule has 166 valence electrons. The van der Waals surface area contributed by atoms with Crippen LogP contribution in [0.15, 0.2) is 48.5 Å². The third-order valence-corrected chi connectivity index (χ3v) is 5.80. The number of halogens is 1. The zero-order valence-electron chi connectivity index (χ0n) is 18.7. The van der Waals surface area contributed by atoms with Crippen molar-refractivity contribution in [2.75, 3.05) is 36.4 Å². The molecule has 0 aliphatic carbocycles. The Kier molecular flexibility index (Phi) is 6.35. The van der Waals surface area contributed by atoms with Crippen LogP contribution in [0.25, 0.3) is 11.4 Å². The van der Waals surface area contributed by atoms with Gasteiger partial charge in [0.2, 0.25) is 0 Å². The van der Waals surface area contributed by atoms with Crippen molar-refractivity contribution in [3.63, 3.8) is 0 Å². The summed E-state index contributed by atoms with van der Waals surface area (Å²) in [4.78, 5) is 26.2. The Morgan fingerprint density at radius 2 is 1.78 bits per heavy atom. The lowest BCUT2D eigenvalue weighted by molar-refractivity contribution is 0.208. The second kappa shape index (κ2) is 9.34. The number of hydrogen-bond donors (Lipinski definition) is 1. The lowest BCUT2D eigenvalue weighted by atomic mass is 10.1. The van der Waals surface area contributed by atoms with E-state index >= 15 is 0 Å². The molecule has 0 bridgehead atoms. The summed E-state index contributed by atoms with van der Waals surface area (Å²) in [6.45, 7) is 8.58. The van der Waals surface area contributed by atoms with E-state index in [4.69, 9.17) is 9.97 Å². The van der Waals surface area contributed by atoms with Crippen LogP contribution in [0.5, 0.6) is 0 Å². The monoisotopic (exact) mass is 433 g/mol. The molecule has 2 heterocycles. The van der Waals surface area contributed by atoms with Gasteiger partial charge >= 0.3 is 6.03 Å². The van der Waals surface area contributed by atoms with Gasteiger partial charge in [0.1, 0.15) is 11.6 Å². The summed E-state index contributed by atoms with van der Waals surface area (Å²) in [5.74, 6) is 1.22. The Hall–Kier alpha value is -3.48. The summed E-state index contributed by atoms with van der Waals surface area (Å²) in [5, 5.41) is 2.67. The van der Waals surface area contributed by atoms with Crippen molar-refractivity contribution in [1.29, 1.82) is 0 Å². The lowest BCUT2D eigenvalue weighted by Gasteiger charge is -2.36. The van der Waals surface area contributed by atoms with Crippen LogP contribution in [-0.4, -0.2) is 47.1 Å². The SMILES string of the molecule is CCc1c(C)nc(-c2cccc(C)c2)nc1N1CCN(C(=O)Nc2ccccc2F)CC1. The topological polar surface area (TPSA) is 61.4 Å². The molecule has 4 rings (SSSR count). The van der Waals surface area contributed by atoms with Gasteiger partial charge in [-0.15, -0.1) is 0 Å². The summed E-state index contributed by atoms with van der Waals surface area (Å²) in [5.41, 5.74) is 4.47. The van der Waals surface area contributed by atoms with Crippen molar-refractivity contribution in [3.8, 4) is 11.4 Å². The van der Waals surface area contributed by atoms with Crippen LogP contribution in [0.2, 0.25) is 0 Å². The fourth-order valence-corrected chi connectivity index (χ4v) is 4.05. The van der Waals surface area contributed by atoms with E-state index in [0.717, 1.165) is 34.9 Å². The number of hydrogen-bond acceptors (Lipinski definition) is 4. The van der Waals surface area contributed by atoms with Gasteiger partial charge in [0.25, 0.3) is 0 Å². The normalized spacial score (nSPS) is 13.9. The molecule has 0 atom stereocenters. The average molecular weight is 434 g/mol. The van der Waals surface area contributed by atoms with Crippen LogP contribution in [0.1, 0.15) is 23.7 Å². The van der Waals surface area contributed by atoms with Gasteiger partial charge in [-0.1, -0.05) is 42.8 Å². The highest BCUT2D eigenvalue weighted by Gasteiger charge is 2.25. The number of amides is 2. The van der Waals surface area contributed by atoms with Gasteiger partial charge in [-0.05, 0) is 38.5 Å². The van der Waals surface area contributed by atoms with E-state index in [1.54, 1.807) is 23.1 Å².